The topological polar surface area (TPSA) is 9.86 Å². The van der Waals surface area contributed by atoms with Crippen molar-refractivity contribution in [3.8, 4) is 22.5 Å². The summed E-state index contributed by atoms with van der Waals surface area (Å²) >= 11 is 3.83. The van der Waals surface area contributed by atoms with Crippen LogP contribution in [-0.2, 0) is 6.42 Å². The predicted molar refractivity (Wildman–Crippen MR) is 339 cm³/mol. The maximum atomic E-state index is 2.53. The Bertz CT molecular complexity index is 5770. The average Bonchev–Trinajstić information content (AvgIpc) is 4.54. The molecule has 0 N–H and O–H groups in total. The molecule has 0 saturated heterocycles. The van der Waals surface area contributed by atoms with Crippen LogP contribution in [0, 0.1) is 12.8 Å². The summed E-state index contributed by atoms with van der Waals surface area (Å²) < 4.78 is 10.4. The fourth-order valence-electron chi connectivity index (χ4n) is 14.7. The summed E-state index contributed by atoms with van der Waals surface area (Å²) in [6, 6.07) is 80.9. The van der Waals surface area contributed by atoms with Crippen molar-refractivity contribution < 1.29 is 0 Å². The van der Waals surface area contributed by atoms with Gasteiger partial charge in [-0.2, -0.15) is 0 Å². The van der Waals surface area contributed by atoms with Gasteiger partial charge in [0.05, 0.1) is 22.1 Å². The second kappa shape index (κ2) is 14.8. The molecule has 0 unspecified atom stereocenters. The zero-order chi connectivity index (χ0) is 50.9. The number of thiophene rings is 2. The van der Waals surface area contributed by atoms with Crippen LogP contribution in [0.15, 0.2) is 212 Å². The minimum Gasteiger partial charge on any atom is -0.309 e. The van der Waals surface area contributed by atoms with E-state index in [0.29, 0.717) is 0 Å². The number of nitrogens with zero attached hydrogens (tertiary/aromatic N) is 2. The van der Waals surface area contributed by atoms with E-state index in [2.05, 4.69) is 240 Å². The van der Waals surface area contributed by atoms with Gasteiger partial charge in [-0.05, 0) is 172 Å². The van der Waals surface area contributed by atoms with Gasteiger partial charge in [-0.1, -0.05) is 152 Å². The van der Waals surface area contributed by atoms with Crippen LogP contribution in [0.5, 0.6) is 0 Å². The average molecular weight is 1030 g/mol. The molecule has 2 nitrogen and oxygen atoms in total. The van der Waals surface area contributed by atoms with E-state index in [1.54, 1.807) is 0 Å². The first-order valence-electron chi connectivity index (χ1n) is 27.4. The molecule has 362 valence electrons. The lowest BCUT2D eigenvalue weighted by atomic mass is 9.88. The first-order valence-corrected chi connectivity index (χ1v) is 29.1. The molecule has 0 saturated carbocycles. The van der Waals surface area contributed by atoms with Crippen molar-refractivity contribution >= 4 is 161 Å². The molecule has 3 aliphatic carbocycles. The second-order valence-electron chi connectivity index (χ2n) is 22.2. The Balaban J connectivity index is 0.842. The predicted octanol–water partition coefficient (Wildman–Crippen LogP) is 20.8. The third kappa shape index (κ3) is 5.50. The van der Waals surface area contributed by atoms with Crippen LogP contribution in [0.4, 0.5) is 0 Å². The molecule has 0 spiro atoms. The van der Waals surface area contributed by atoms with E-state index >= 15 is 0 Å². The molecule has 2 radical (unpaired) electrons. The largest absolute Gasteiger partial charge is 0.309 e. The number of benzene rings is 13. The third-order valence-corrected chi connectivity index (χ3v) is 20.6. The van der Waals surface area contributed by atoms with Crippen LogP contribution >= 0.6 is 22.7 Å². The maximum Gasteiger partial charge on any atom is 0.0555 e. The molecule has 0 bridgehead atoms. The van der Waals surface area contributed by atoms with E-state index in [1.807, 2.05) is 22.7 Å². The molecule has 20 rings (SSSR count). The number of hydrogen-bond acceptors (Lipinski definition) is 2. The van der Waals surface area contributed by atoms with E-state index in [9.17, 15) is 0 Å². The maximum absolute atomic E-state index is 2.53. The van der Waals surface area contributed by atoms with Gasteiger partial charge in [0.1, 0.15) is 0 Å². The van der Waals surface area contributed by atoms with Crippen molar-refractivity contribution in [1.82, 2.24) is 9.13 Å². The lowest BCUT2D eigenvalue weighted by Crippen LogP contribution is -1.98. The molecule has 17 aromatic rings. The highest BCUT2D eigenvalue weighted by molar-refractivity contribution is 7.27. The molecular formula is C75H40N2S2. The molecule has 0 fully saturated rings. The standard InChI is InChI=1S/C75H40N2S2/c1-2-12-47-46(11-1)58-35-40(22-26-48(58)61-38-60(47)61)43-33-41-21-24-44(76-64-17-7-3-15-55(64)72-66(76)31-29-53-50-13-5-9-19-68(50)78-74(53)72)36-57(41)70-42(34-43)23-27-52-59-37-45(25-28-49(59)62-39-63(62)71(52)70)77-65-18-8-4-16-56(65)73-67(77)32-30-54-51-14-6-10-20-69(51)79-75(54)73/h1-33,35-39H,34H2. The Morgan fingerprint density at radius 3 is 1.52 bits per heavy atom. The molecule has 4 aromatic heterocycles. The molecule has 13 aromatic carbocycles. The lowest BCUT2D eigenvalue weighted by Gasteiger charge is -2.18. The number of rotatable bonds is 3. The Kier molecular flexibility index (Phi) is 7.84. The quantitative estimate of drug-likeness (QED) is 0.156. The molecular weight excluding hydrogens is 993 g/mol. The van der Waals surface area contributed by atoms with Crippen LogP contribution < -0.4 is 0 Å². The second-order valence-corrected chi connectivity index (χ2v) is 24.3. The van der Waals surface area contributed by atoms with Gasteiger partial charge in [0.2, 0.25) is 0 Å². The molecule has 79 heavy (non-hydrogen) atoms. The van der Waals surface area contributed by atoms with E-state index in [-0.39, 0.29) is 0 Å². The third-order valence-electron chi connectivity index (χ3n) is 18.2. The van der Waals surface area contributed by atoms with Crippen LogP contribution in [0.3, 0.4) is 0 Å². The molecule has 4 heteroatoms. The smallest absolute Gasteiger partial charge is 0.0555 e. The van der Waals surface area contributed by atoms with Crippen LogP contribution in [0.25, 0.3) is 161 Å². The van der Waals surface area contributed by atoms with Gasteiger partial charge in [-0.15, -0.1) is 22.7 Å². The van der Waals surface area contributed by atoms with Crippen molar-refractivity contribution in [2.45, 2.75) is 6.42 Å². The molecule has 0 atom stereocenters. The van der Waals surface area contributed by atoms with Gasteiger partial charge in [-0.3, -0.25) is 0 Å². The van der Waals surface area contributed by atoms with Crippen LogP contribution in [-0.4, -0.2) is 9.13 Å². The van der Waals surface area contributed by atoms with Gasteiger partial charge in [-0.25, -0.2) is 0 Å². The Labute approximate surface area is 460 Å². The highest BCUT2D eigenvalue weighted by atomic mass is 32.1. The summed E-state index contributed by atoms with van der Waals surface area (Å²) in [7, 11) is 0. The first kappa shape index (κ1) is 41.8. The van der Waals surface area contributed by atoms with Crippen molar-refractivity contribution in [2.75, 3.05) is 0 Å². The van der Waals surface area contributed by atoms with E-state index in [4.69, 9.17) is 0 Å². The number of allylic oxidation sites excluding steroid dienone is 1. The van der Waals surface area contributed by atoms with E-state index < -0.39 is 0 Å². The Morgan fingerprint density at radius 2 is 0.835 bits per heavy atom. The summed E-state index contributed by atoms with van der Waals surface area (Å²) in [5, 5.41) is 21.2. The summed E-state index contributed by atoms with van der Waals surface area (Å²) in [4.78, 5) is 0. The summed E-state index contributed by atoms with van der Waals surface area (Å²) in [5.41, 5.74) is 20.7. The van der Waals surface area contributed by atoms with Crippen LogP contribution in [0.1, 0.15) is 38.9 Å². The number of aromatic nitrogens is 2. The number of fused-ring (bicyclic) bond motifs is 30. The fourth-order valence-corrected chi connectivity index (χ4v) is 17.2. The summed E-state index contributed by atoms with van der Waals surface area (Å²) in [5.74, 6) is 0. The zero-order valence-corrected chi connectivity index (χ0v) is 44.0. The van der Waals surface area contributed by atoms with Crippen molar-refractivity contribution in [1.29, 1.82) is 0 Å². The zero-order valence-electron chi connectivity index (χ0n) is 42.4. The SMILES string of the molecule is [CH]1c2c1c1ccc(C3=Cc4ccc(-n5c6ccccc6c6c7sc8ccccc8c7ccc65)cc4-c4c(ccc5c4c4c(c6ccc(-n7c8ccccc8c8c9sc%10ccccc%10c9ccc87)cc65)[CH]4)C3)cc1c1ccccc21. The van der Waals surface area contributed by atoms with Crippen molar-refractivity contribution in [3.63, 3.8) is 0 Å². The highest BCUT2D eigenvalue weighted by Crippen LogP contribution is 2.54. The normalized spacial score (nSPS) is 13.7. The van der Waals surface area contributed by atoms with E-state index in [0.717, 1.165) is 6.42 Å². The lowest BCUT2D eigenvalue weighted by molar-refractivity contribution is 1.18. The summed E-state index contributed by atoms with van der Waals surface area (Å²) in [6.45, 7) is 0. The van der Waals surface area contributed by atoms with Gasteiger partial charge in [0, 0.05) is 86.1 Å². The van der Waals surface area contributed by atoms with Gasteiger partial charge >= 0.3 is 0 Å². The minimum atomic E-state index is 0.815. The first-order chi connectivity index (χ1) is 39.2. The van der Waals surface area contributed by atoms with E-state index in [1.165, 1.54) is 194 Å². The van der Waals surface area contributed by atoms with Crippen molar-refractivity contribution in [2.24, 2.45) is 0 Å². The Hall–Kier alpha value is -9.32. The van der Waals surface area contributed by atoms with Crippen LogP contribution in [0.2, 0.25) is 0 Å². The van der Waals surface area contributed by atoms with Gasteiger partial charge < -0.3 is 9.13 Å². The Morgan fingerprint density at radius 1 is 0.329 bits per heavy atom. The van der Waals surface area contributed by atoms with Gasteiger partial charge in [0.25, 0.3) is 0 Å². The summed E-state index contributed by atoms with van der Waals surface area (Å²) in [6.07, 6.45) is 8.14. The number of para-hydroxylation sites is 2. The minimum absolute atomic E-state index is 0.815. The van der Waals surface area contributed by atoms with Crippen molar-refractivity contribution in [3.05, 3.63) is 264 Å². The molecule has 3 aliphatic rings. The monoisotopic (exact) mass is 1030 g/mol. The molecule has 0 aliphatic heterocycles. The molecule has 4 heterocycles. The fraction of sp³-hybridized carbons (Fsp3) is 0.0133. The highest BCUT2D eigenvalue weighted by Gasteiger charge is 2.32. The van der Waals surface area contributed by atoms with Gasteiger partial charge in [0.15, 0.2) is 0 Å². The number of hydrogen-bond donors (Lipinski definition) is 0. The molecule has 0 amide bonds.